The molecule has 2 aliphatic carbocycles. The minimum Gasteiger partial charge on any atom is -0.483 e. The van der Waals surface area contributed by atoms with Gasteiger partial charge in [0.2, 0.25) is 11.8 Å². The van der Waals surface area contributed by atoms with Crippen LogP contribution in [0.4, 0.5) is 17.1 Å². The van der Waals surface area contributed by atoms with Crippen LogP contribution < -0.4 is 19.8 Å². The number of fused-ring (bicyclic) bond motifs is 9. The van der Waals surface area contributed by atoms with Gasteiger partial charge in [-0.15, -0.1) is 11.8 Å². The van der Waals surface area contributed by atoms with E-state index in [1.54, 1.807) is 55.1 Å². The van der Waals surface area contributed by atoms with Crippen LogP contribution in [-0.2, 0) is 19.1 Å². The Morgan fingerprint density at radius 2 is 1.69 bits per heavy atom. The number of benzene rings is 3. The fourth-order valence-corrected chi connectivity index (χ4v) is 11.3. The van der Waals surface area contributed by atoms with Crippen LogP contribution in [0.15, 0.2) is 82.6 Å². The Balaban J connectivity index is 1.06. The monoisotopic (exact) mass is 726 g/mol. The van der Waals surface area contributed by atoms with Crippen molar-refractivity contribution in [2.24, 2.45) is 29.6 Å². The van der Waals surface area contributed by atoms with Crippen molar-refractivity contribution in [3.8, 4) is 5.75 Å². The Morgan fingerprint density at radius 3 is 2.39 bits per heavy atom. The van der Waals surface area contributed by atoms with Gasteiger partial charge in [-0.2, -0.15) is 0 Å². The predicted octanol–water partition coefficient (Wildman–Crippen LogP) is 5.22. The SMILES string of the molecule is CCOC(=O)c1ccc(NC(=O)COc2ccccc2[C@H]2c3sc(=O)[nH]c3SC3C4CC(C5C(=O)N(c6ccc([N+](=O)[O-])cc6)C(=O)C45)C32)cc1. The standard InChI is InChI=1S/C36H30N4O9S2/c1-2-48-35(44)17-7-9-18(10-8-17)37-25(41)16-49-24-6-4-3-5-21(24)26-27-22-15-23(30(27)50-32-31(26)51-36(45)38-32)29-28(22)33(42)39(34(29)43)19-11-13-20(14-12-19)40(46)47/h3-14,22-23,26-30H,2,15-16H2,1H3,(H,37,41)(H,38,45)/t22?,23?,26-,27?,28?,29?,30?/m1/s1. The molecule has 0 radical (unpaired) electrons. The summed E-state index contributed by atoms with van der Waals surface area (Å²) in [5.74, 6) is -2.82. The first kappa shape index (κ1) is 32.9. The number of nitrogens with zero attached hydrogens (tertiary/aromatic N) is 2. The number of aromatic amines is 1. The fraction of sp³-hybridized carbons (Fsp3) is 0.306. The van der Waals surface area contributed by atoms with Crippen molar-refractivity contribution in [3.05, 3.63) is 109 Å². The predicted molar refractivity (Wildman–Crippen MR) is 187 cm³/mol. The number of amides is 3. The highest BCUT2D eigenvalue weighted by Gasteiger charge is 2.69. The number of hydrogen-bond donors (Lipinski definition) is 2. The summed E-state index contributed by atoms with van der Waals surface area (Å²) in [5.41, 5.74) is 1.81. The zero-order valence-corrected chi connectivity index (χ0v) is 28.6. The lowest BCUT2D eigenvalue weighted by atomic mass is 9.68. The molecule has 2 aliphatic heterocycles. The maximum absolute atomic E-state index is 14.1. The van der Waals surface area contributed by atoms with E-state index < -0.39 is 28.6 Å². The number of para-hydroxylation sites is 1. The molecule has 2 N–H and O–H groups in total. The lowest BCUT2D eigenvalue weighted by molar-refractivity contribution is -0.384. The number of carbonyl (C=O) groups is 4. The third kappa shape index (κ3) is 5.51. The third-order valence-corrected chi connectivity index (χ3v) is 12.9. The van der Waals surface area contributed by atoms with E-state index in [1.807, 2.05) is 12.1 Å². The Morgan fingerprint density at radius 1 is 0.980 bits per heavy atom. The van der Waals surface area contributed by atoms with E-state index in [1.165, 1.54) is 29.2 Å². The summed E-state index contributed by atoms with van der Waals surface area (Å²) in [6, 6.07) is 19.2. The van der Waals surface area contributed by atoms with E-state index in [2.05, 4.69) is 10.3 Å². The molecule has 8 rings (SSSR count). The average Bonchev–Trinajstić information content (AvgIpc) is 3.86. The van der Waals surface area contributed by atoms with Gasteiger partial charge in [0.1, 0.15) is 5.75 Å². The summed E-state index contributed by atoms with van der Waals surface area (Å²) in [7, 11) is 0. The van der Waals surface area contributed by atoms with Crippen LogP contribution in [-0.4, -0.2) is 52.1 Å². The first-order valence-corrected chi connectivity index (χ1v) is 18.1. The summed E-state index contributed by atoms with van der Waals surface area (Å²) in [6.07, 6.45) is 0.680. The molecule has 0 spiro atoms. The first-order chi connectivity index (χ1) is 24.6. The number of non-ortho nitro benzene ring substituents is 1. The first-order valence-electron chi connectivity index (χ1n) is 16.4. The molecule has 2 bridgehead atoms. The van der Waals surface area contributed by atoms with Gasteiger partial charge in [0, 0.05) is 39.4 Å². The highest BCUT2D eigenvalue weighted by Crippen LogP contribution is 2.69. The Hall–Kier alpha value is -5.28. The fourth-order valence-electron chi connectivity index (χ4n) is 8.46. The number of anilines is 2. The number of H-pyrrole nitrogens is 1. The maximum Gasteiger partial charge on any atom is 0.338 e. The van der Waals surface area contributed by atoms with Gasteiger partial charge in [-0.3, -0.25) is 34.2 Å². The number of thiazole rings is 1. The van der Waals surface area contributed by atoms with Gasteiger partial charge in [0.25, 0.3) is 11.6 Å². The maximum atomic E-state index is 14.1. The molecule has 1 aromatic heterocycles. The Kier molecular flexibility index (Phi) is 8.26. The van der Waals surface area contributed by atoms with Gasteiger partial charge in [0.05, 0.1) is 39.6 Å². The minimum atomic E-state index is -0.562. The Labute approximate surface area is 298 Å². The van der Waals surface area contributed by atoms with Crippen molar-refractivity contribution in [3.63, 3.8) is 0 Å². The number of nitrogens with one attached hydrogen (secondary N) is 2. The van der Waals surface area contributed by atoms with Crippen molar-refractivity contribution in [2.45, 2.75) is 29.5 Å². The smallest absolute Gasteiger partial charge is 0.338 e. The number of thioether (sulfide) groups is 1. The molecule has 4 aliphatic rings. The number of ether oxygens (including phenoxy) is 2. The van der Waals surface area contributed by atoms with E-state index in [4.69, 9.17) is 9.47 Å². The molecule has 51 heavy (non-hydrogen) atoms. The average molecular weight is 727 g/mol. The highest BCUT2D eigenvalue weighted by molar-refractivity contribution is 8.00. The number of imide groups is 1. The van der Waals surface area contributed by atoms with E-state index in [0.717, 1.165) is 26.8 Å². The number of hydrogen-bond acceptors (Lipinski definition) is 11. The van der Waals surface area contributed by atoms with Crippen LogP contribution >= 0.6 is 23.1 Å². The highest BCUT2D eigenvalue weighted by atomic mass is 32.2. The molecule has 6 unspecified atom stereocenters. The third-order valence-electron chi connectivity index (χ3n) is 10.3. The largest absolute Gasteiger partial charge is 0.483 e. The van der Waals surface area contributed by atoms with Gasteiger partial charge in [0.15, 0.2) is 6.61 Å². The topological polar surface area (TPSA) is 178 Å². The lowest BCUT2D eigenvalue weighted by Crippen LogP contribution is -2.42. The molecular formula is C36H30N4O9S2. The van der Waals surface area contributed by atoms with Crippen LogP contribution in [0.2, 0.25) is 0 Å². The van der Waals surface area contributed by atoms with Crippen LogP contribution in [0, 0.1) is 39.7 Å². The second kappa shape index (κ2) is 12.8. The van der Waals surface area contributed by atoms with Crippen LogP contribution in [0.25, 0.3) is 0 Å². The normalized spacial score (nSPS) is 25.6. The molecule has 4 aromatic rings. The number of nitro benzene ring substituents is 1. The van der Waals surface area contributed by atoms with E-state index in [9.17, 15) is 34.1 Å². The summed E-state index contributed by atoms with van der Waals surface area (Å²) in [4.78, 5) is 81.2. The van der Waals surface area contributed by atoms with Crippen molar-refractivity contribution < 1.29 is 33.6 Å². The summed E-state index contributed by atoms with van der Waals surface area (Å²) >= 11 is 2.68. The van der Waals surface area contributed by atoms with E-state index in [-0.39, 0.29) is 64.5 Å². The zero-order chi connectivity index (χ0) is 35.6. The summed E-state index contributed by atoms with van der Waals surface area (Å²) in [6.45, 7) is 1.67. The van der Waals surface area contributed by atoms with Crippen LogP contribution in [0.3, 0.4) is 0 Å². The second-order valence-corrected chi connectivity index (χ2v) is 15.1. The van der Waals surface area contributed by atoms with Gasteiger partial charge in [-0.25, -0.2) is 4.79 Å². The molecule has 1 saturated heterocycles. The van der Waals surface area contributed by atoms with Gasteiger partial charge >= 0.3 is 10.8 Å². The molecule has 15 heteroatoms. The van der Waals surface area contributed by atoms with Gasteiger partial charge < -0.3 is 19.8 Å². The number of aromatic nitrogens is 1. The number of nitro groups is 1. The van der Waals surface area contributed by atoms with E-state index >= 15 is 0 Å². The minimum absolute atomic E-state index is 0.0681. The van der Waals surface area contributed by atoms with Crippen LogP contribution in [0.1, 0.15) is 40.1 Å². The second-order valence-electron chi connectivity index (χ2n) is 12.9. The van der Waals surface area contributed by atoms with Gasteiger partial charge in [-0.1, -0.05) is 29.5 Å². The molecule has 3 amide bonds. The van der Waals surface area contributed by atoms with Crippen molar-refractivity contribution >= 4 is 63.9 Å². The summed E-state index contributed by atoms with van der Waals surface area (Å²) < 4.78 is 11.1. The van der Waals surface area contributed by atoms with Gasteiger partial charge in [-0.05, 0) is 73.6 Å². The van der Waals surface area contributed by atoms with Crippen molar-refractivity contribution in [1.82, 2.24) is 4.98 Å². The van der Waals surface area contributed by atoms with E-state index in [0.29, 0.717) is 29.1 Å². The molecule has 3 aromatic carbocycles. The van der Waals surface area contributed by atoms with Crippen molar-refractivity contribution in [2.75, 3.05) is 23.4 Å². The zero-order valence-electron chi connectivity index (χ0n) is 27.0. The van der Waals surface area contributed by atoms with Crippen LogP contribution in [0.5, 0.6) is 5.75 Å². The Bertz CT molecular complexity index is 2150. The molecule has 3 fully saturated rings. The molecular weight excluding hydrogens is 697 g/mol. The summed E-state index contributed by atoms with van der Waals surface area (Å²) in [5, 5.41) is 14.7. The van der Waals surface area contributed by atoms with Crippen molar-refractivity contribution in [1.29, 1.82) is 0 Å². The molecule has 2 saturated carbocycles. The molecule has 260 valence electrons. The number of esters is 1. The lowest BCUT2D eigenvalue weighted by Gasteiger charge is -2.43. The number of carbonyl (C=O) groups excluding carboxylic acids is 4. The molecule has 3 heterocycles. The quantitative estimate of drug-likeness (QED) is 0.101. The molecule has 13 nitrogen and oxygen atoms in total. The number of rotatable bonds is 9. The molecule has 7 atom stereocenters.